The average Bonchev–Trinajstić information content (AvgIpc) is 3.22. The summed E-state index contributed by atoms with van der Waals surface area (Å²) in [6.45, 7) is 4.13. The molecule has 1 aliphatic rings. The molecule has 1 saturated heterocycles. The number of sulfonamides is 1. The molecular formula is C21H23N3O4S2. The Morgan fingerprint density at radius 2 is 1.83 bits per heavy atom. The van der Waals surface area contributed by atoms with Crippen molar-refractivity contribution in [1.82, 2.24) is 14.2 Å². The van der Waals surface area contributed by atoms with Crippen molar-refractivity contribution >= 4 is 37.5 Å². The number of esters is 1. The highest BCUT2D eigenvalue weighted by molar-refractivity contribution is 7.89. The Labute approximate surface area is 179 Å². The Bertz CT molecular complexity index is 1130. The van der Waals surface area contributed by atoms with E-state index in [9.17, 15) is 13.2 Å². The quantitative estimate of drug-likeness (QED) is 0.562. The zero-order valence-electron chi connectivity index (χ0n) is 16.8. The molecular weight excluding hydrogens is 422 g/mol. The number of hydrogen-bond donors (Lipinski definition) is 0. The van der Waals surface area contributed by atoms with E-state index < -0.39 is 16.0 Å². The van der Waals surface area contributed by atoms with E-state index in [4.69, 9.17) is 9.72 Å². The molecule has 30 heavy (non-hydrogen) atoms. The molecule has 1 aromatic heterocycles. The van der Waals surface area contributed by atoms with Crippen LogP contribution in [0.15, 0.2) is 53.4 Å². The van der Waals surface area contributed by atoms with Gasteiger partial charge in [0.1, 0.15) is 5.01 Å². The second-order valence-electron chi connectivity index (χ2n) is 7.16. The summed E-state index contributed by atoms with van der Waals surface area (Å²) in [5.74, 6) is -0.554. The fourth-order valence-electron chi connectivity index (χ4n) is 3.61. The fraction of sp³-hybridized carbons (Fsp3) is 0.333. The summed E-state index contributed by atoms with van der Waals surface area (Å²) in [5.41, 5.74) is 1.22. The summed E-state index contributed by atoms with van der Waals surface area (Å²) in [6, 6.07) is 14.2. The third-order valence-electron chi connectivity index (χ3n) is 5.38. The van der Waals surface area contributed by atoms with Crippen LogP contribution in [0.5, 0.6) is 0 Å². The molecule has 1 fully saturated rings. The molecule has 0 spiro atoms. The highest BCUT2D eigenvalue weighted by atomic mass is 32.2. The first-order valence-electron chi connectivity index (χ1n) is 9.68. The number of aromatic nitrogens is 1. The van der Waals surface area contributed by atoms with Gasteiger partial charge in [0.2, 0.25) is 10.0 Å². The van der Waals surface area contributed by atoms with Crippen molar-refractivity contribution in [2.75, 3.05) is 33.3 Å². The van der Waals surface area contributed by atoms with Gasteiger partial charge in [0.05, 0.1) is 33.8 Å². The summed E-state index contributed by atoms with van der Waals surface area (Å²) < 4.78 is 33.4. The van der Waals surface area contributed by atoms with Gasteiger partial charge in [0.25, 0.3) is 0 Å². The van der Waals surface area contributed by atoms with Crippen LogP contribution in [0.25, 0.3) is 10.2 Å². The molecule has 0 amide bonds. The molecule has 0 radical (unpaired) electrons. The predicted molar refractivity (Wildman–Crippen MR) is 116 cm³/mol. The van der Waals surface area contributed by atoms with Gasteiger partial charge in [-0.1, -0.05) is 18.2 Å². The number of hydrogen-bond acceptors (Lipinski definition) is 7. The summed E-state index contributed by atoms with van der Waals surface area (Å²) in [4.78, 5) is 18.9. The lowest BCUT2D eigenvalue weighted by Crippen LogP contribution is -2.49. The maximum atomic E-state index is 13.1. The molecule has 1 aliphatic heterocycles. The summed E-state index contributed by atoms with van der Waals surface area (Å²) >= 11 is 1.68. The van der Waals surface area contributed by atoms with Crippen LogP contribution in [-0.2, 0) is 14.8 Å². The monoisotopic (exact) mass is 445 g/mol. The van der Waals surface area contributed by atoms with Gasteiger partial charge >= 0.3 is 5.97 Å². The van der Waals surface area contributed by atoms with Crippen molar-refractivity contribution < 1.29 is 17.9 Å². The maximum Gasteiger partial charge on any atom is 0.337 e. The summed E-state index contributed by atoms with van der Waals surface area (Å²) in [7, 11) is -2.40. The topological polar surface area (TPSA) is 79.8 Å². The average molecular weight is 446 g/mol. The molecule has 2 aromatic carbocycles. The van der Waals surface area contributed by atoms with Gasteiger partial charge < -0.3 is 4.74 Å². The molecule has 9 heteroatoms. The van der Waals surface area contributed by atoms with E-state index in [1.165, 1.54) is 23.5 Å². The number of carbonyl (C=O) groups is 1. The van der Waals surface area contributed by atoms with E-state index >= 15 is 0 Å². The number of carbonyl (C=O) groups excluding carboxylic acids is 1. The third kappa shape index (κ3) is 3.98. The Morgan fingerprint density at radius 3 is 2.53 bits per heavy atom. The van der Waals surface area contributed by atoms with Gasteiger partial charge in [-0.05, 0) is 37.3 Å². The Hall–Kier alpha value is -2.33. The van der Waals surface area contributed by atoms with E-state index in [0.717, 1.165) is 15.2 Å². The fourth-order valence-corrected chi connectivity index (χ4v) is 6.13. The first kappa shape index (κ1) is 20.9. The largest absolute Gasteiger partial charge is 0.465 e. The molecule has 0 N–H and O–H groups in total. The molecule has 158 valence electrons. The minimum absolute atomic E-state index is 0.109. The Balaban J connectivity index is 1.46. The van der Waals surface area contributed by atoms with Gasteiger partial charge in [-0.2, -0.15) is 4.31 Å². The lowest BCUT2D eigenvalue weighted by Gasteiger charge is -2.36. The molecule has 4 rings (SSSR count). The van der Waals surface area contributed by atoms with E-state index in [1.807, 2.05) is 18.2 Å². The second kappa shape index (κ2) is 8.43. The van der Waals surface area contributed by atoms with E-state index in [2.05, 4.69) is 17.9 Å². The summed E-state index contributed by atoms with van der Waals surface area (Å²) in [5, 5.41) is 1.04. The first-order valence-corrected chi connectivity index (χ1v) is 11.9. The molecule has 0 bridgehead atoms. The number of para-hydroxylation sites is 1. The van der Waals surface area contributed by atoms with Crippen LogP contribution in [0.4, 0.5) is 0 Å². The van der Waals surface area contributed by atoms with E-state index in [-0.39, 0.29) is 16.5 Å². The zero-order chi connectivity index (χ0) is 21.3. The first-order chi connectivity index (χ1) is 14.4. The standard InChI is InChI=1S/C21H23N3O4S2/c1-15(20-22-18-8-3-4-9-19(18)29-20)23-10-12-24(13-11-23)30(26,27)17-7-5-6-16(14-17)21(25)28-2/h3-9,14-15H,10-13H2,1-2H3/t15-/m0/s1. The zero-order valence-corrected chi connectivity index (χ0v) is 18.4. The number of fused-ring (bicyclic) bond motifs is 1. The van der Waals surface area contributed by atoms with Crippen molar-refractivity contribution in [3.63, 3.8) is 0 Å². The number of benzene rings is 2. The van der Waals surface area contributed by atoms with Gasteiger partial charge in [-0.3, -0.25) is 4.90 Å². The van der Waals surface area contributed by atoms with Crippen LogP contribution >= 0.6 is 11.3 Å². The van der Waals surface area contributed by atoms with Gasteiger partial charge in [0, 0.05) is 26.2 Å². The molecule has 1 atom stereocenters. The SMILES string of the molecule is COC(=O)c1cccc(S(=O)(=O)N2CCN([C@@H](C)c3nc4ccccc4s3)CC2)c1. The van der Waals surface area contributed by atoms with Gasteiger partial charge in [-0.15, -0.1) is 11.3 Å². The molecule has 2 heterocycles. The van der Waals surface area contributed by atoms with Crippen LogP contribution < -0.4 is 0 Å². The number of nitrogens with zero attached hydrogens (tertiary/aromatic N) is 3. The predicted octanol–water partition coefficient (Wildman–Crippen LogP) is 3.15. The molecule has 0 aliphatic carbocycles. The highest BCUT2D eigenvalue weighted by Crippen LogP contribution is 2.30. The van der Waals surface area contributed by atoms with Gasteiger partial charge in [-0.25, -0.2) is 18.2 Å². The van der Waals surface area contributed by atoms with E-state index in [1.54, 1.807) is 23.5 Å². The van der Waals surface area contributed by atoms with Crippen molar-refractivity contribution in [2.24, 2.45) is 0 Å². The number of rotatable bonds is 5. The number of ether oxygens (including phenoxy) is 1. The van der Waals surface area contributed by atoms with Crippen molar-refractivity contribution in [2.45, 2.75) is 17.9 Å². The summed E-state index contributed by atoms with van der Waals surface area (Å²) in [6.07, 6.45) is 0. The number of piperazine rings is 1. The van der Waals surface area contributed by atoms with Gasteiger partial charge in [0.15, 0.2) is 0 Å². The smallest absolute Gasteiger partial charge is 0.337 e. The lowest BCUT2D eigenvalue weighted by molar-refractivity contribution is 0.0600. The van der Waals surface area contributed by atoms with Crippen LogP contribution in [0, 0.1) is 0 Å². The normalized spacial score (nSPS) is 17.1. The highest BCUT2D eigenvalue weighted by Gasteiger charge is 2.31. The third-order valence-corrected chi connectivity index (χ3v) is 8.48. The maximum absolute atomic E-state index is 13.1. The van der Waals surface area contributed by atoms with Crippen LogP contribution in [0.1, 0.15) is 28.3 Å². The molecule has 3 aromatic rings. The van der Waals surface area contributed by atoms with Crippen LogP contribution in [-0.4, -0.2) is 61.9 Å². The van der Waals surface area contributed by atoms with Crippen molar-refractivity contribution in [3.05, 3.63) is 59.1 Å². The Kier molecular flexibility index (Phi) is 5.88. The molecule has 7 nitrogen and oxygen atoms in total. The molecule has 0 saturated carbocycles. The second-order valence-corrected chi connectivity index (χ2v) is 10.2. The molecule has 0 unspecified atom stereocenters. The number of thiazole rings is 1. The number of methoxy groups -OCH3 is 1. The van der Waals surface area contributed by atoms with Crippen LogP contribution in [0.3, 0.4) is 0 Å². The lowest BCUT2D eigenvalue weighted by atomic mass is 10.2. The minimum Gasteiger partial charge on any atom is -0.465 e. The van der Waals surface area contributed by atoms with Crippen molar-refractivity contribution in [1.29, 1.82) is 0 Å². The Morgan fingerprint density at radius 1 is 1.10 bits per heavy atom. The van der Waals surface area contributed by atoms with E-state index in [0.29, 0.717) is 26.2 Å². The minimum atomic E-state index is -3.67. The van der Waals surface area contributed by atoms with Crippen molar-refractivity contribution in [3.8, 4) is 0 Å². The van der Waals surface area contributed by atoms with Crippen LogP contribution in [0.2, 0.25) is 0 Å².